The first-order chi connectivity index (χ1) is 24.3. The van der Waals surface area contributed by atoms with E-state index in [0.717, 1.165) is 11.1 Å². The summed E-state index contributed by atoms with van der Waals surface area (Å²) in [4.78, 5) is 38.3. The molecule has 0 aliphatic carbocycles. The summed E-state index contributed by atoms with van der Waals surface area (Å²) in [6, 6.07) is 17.4. The van der Waals surface area contributed by atoms with Gasteiger partial charge in [0.1, 0.15) is 29.1 Å². The van der Waals surface area contributed by atoms with Crippen LogP contribution in [0.4, 0.5) is 30.5 Å². The molecule has 4 heterocycles. The Labute approximate surface area is 314 Å². The third-order valence-corrected chi connectivity index (χ3v) is 5.58. The molecule has 0 saturated carbocycles. The average molecular weight is 815 g/mol. The molecule has 0 fully saturated rings. The summed E-state index contributed by atoms with van der Waals surface area (Å²) < 4.78 is 49.1. The monoisotopic (exact) mass is 815 g/mol. The van der Waals surface area contributed by atoms with Gasteiger partial charge in [0.25, 0.3) is 12.9 Å². The van der Waals surface area contributed by atoms with Crippen LogP contribution in [-0.2, 0) is 63.8 Å². The Kier molecular flexibility index (Phi) is 21.0. The minimum absolute atomic E-state index is 0. The van der Waals surface area contributed by atoms with Crippen LogP contribution in [-0.4, -0.2) is 32.9 Å². The molecular formula is C34H22F3N7O4RuS2. The number of nitrogens with zero attached hydrogens (tertiary/aromatic N) is 7. The molecule has 0 radical (unpaired) electrons. The summed E-state index contributed by atoms with van der Waals surface area (Å²) in [5.41, 5.74) is 3.45. The van der Waals surface area contributed by atoms with Crippen LogP contribution >= 0.6 is 0 Å². The minimum Gasteiger partial charge on any atom is -0.696 e. The summed E-state index contributed by atoms with van der Waals surface area (Å²) in [7, 11) is 0. The number of carbonyl (C=O) groups excluding carboxylic acids is 2. The summed E-state index contributed by atoms with van der Waals surface area (Å²) in [5.74, 6) is -0.973. The molecule has 0 amide bonds. The molecule has 11 nitrogen and oxygen atoms in total. The molecule has 0 aliphatic rings. The molecule has 51 heavy (non-hydrogen) atoms. The SMILES string of the molecule is Fc1ccc(N(c2cc(F)ccn2)c2cc(F)ccn2)cc1.N#C[S-].N#C[S-].O=CO/C=C/c1ccnc(-c2cc(/C=C/OC=O)ccn2)c1.[Ru+2]. The number of carbonyl (C=O) groups is 2. The first kappa shape index (κ1) is 42.9. The normalized spacial score (nSPS) is 9.43. The van der Waals surface area contributed by atoms with Crippen LogP contribution in [0, 0.1) is 38.8 Å². The van der Waals surface area contributed by atoms with Crippen LogP contribution in [0.15, 0.2) is 110 Å². The Balaban J connectivity index is 0.000000435. The Morgan fingerprint density at radius 2 is 1.00 bits per heavy atom. The van der Waals surface area contributed by atoms with Gasteiger partial charge >= 0.3 is 19.5 Å². The Hall–Kier alpha value is -6.13. The van der Waals surface area contributed by atoms with Crippen molar-refractivity contribution in [3.8, 4) is 22.2 Å². The largest absolute Gasteiger partial charge is 2.00 e. The number of rotatable bonds is 10. The maximum absolute atomic E-state index is 13.5. The van der Waals surface area contributed by atoms with E-state index in [9.17, 15) is 22.8 Å². The third kappa shape index (κ3) is 15.8. The molecular weight excluding hydrogens is 793 g/mol. The first-order valence-corrected chi connectivity index (χ1v) is 14.4. The van der Waals surface area contributed by atoms with E-state index in [1.807, 2.05) is 12.1 Å². The van der Waals surface area contributed by atoms with Crippen LogP contribution < -0.4 is 4.90 Å². The molecule has 0 bridgehead atoms. The molecule has 1 aromatic carbocycles. The van der Waals surface area contributed by atoms with Gasteiger partial charge in [-0.1, -0.05) is 10.8 Å². The van der Waals surface area contributed by atoms with Gasteiger partial charge in [0.05, 0.1) is 23.9 Å². The molecule has 4 aromatic heterocycles. The van der Waals surface area contributed by atoms with E-state index in [-0.39, 0.29) is 31.1 Å². The molecule has 5 aromatic rings. The van der Waals surface area contributed by atoms with Gasteiger partial charge in [0.15, 0.2) is 0 Å². The van der Waals surface area contributed by atoms with Crippen molar-refractivity contribution < 1.29 is 51.7 Å². The fourth-order valence-corrected chi connectivity index (χ4v) is 3.68. The van der Waals surface area contributed by atoms with Crippen molar-refractivity contribution in [2.45, 2.75) is 0 Å². The van der Waals surface area contributed by atoms with E-state index >= 15 is 0 Å². The maximum atomic E-state index is 13.5. The quantitative estimate of drug-likeness (QED) is 0.0477. The number of benzene rings is 1. The third-order valence-electron chi connectivity index (χ3n) is 5.58. The van der Waals surface area contributed by atoms with Crippen LogP contribution in [0.25, 0.3) is 23.5 Å². The zero-order valence-electron chi connectivity index (χ0n) is 25.8. The van der Waals surface area contributed by atoms with Crippen molar-refractivity contribution in [1.82, 2.24) is 19.9 Å². The van der Waals surface area contributed by atoms with E-state index in [2.05, 4.69) is 54.7 Å². The number of nitriles is 2. The van der Waals surface area contributed by atoms with Crippen molar-refractivity contribution in [2.75, 3.05) is 4.90 Å². The van der Waals surface area contributed by atoms with Gasteiger partial charge in [-0.05, 0) is 83.9 Å². The number of anilines is 3. The topological polar surface area (TPSA) is 155 Å². The van der Waals surface area contributed by atoms with Crippen LogP contribution in [0.1, 0.15) is 11.1 Å². The second kappa shape index (κ2) is 24.9. The second-order valence-corrected chi connectivity index (χ2v) is 9.04. The Morgan fingerprint density at radius 1 is 0.608 bits per heavy atom. The fourth-order valence-electron chi connectivity index (χ4n) is 3.68. The van der Waals surface area contributed by atoms with Crippen molar-refractivity contribution in [2.24, 2.45) is 0 Å². The van der Waals surface area contributed by atoms with Gasteiger partial charge in [-0.15, -0.1) is 0 Å². The van der Waals surface area contributed by atoms with Crippen LogP contribution in [0.5, 0.6) is 0 Å². The van der Waals surface area contributed by atoms with E-state index in [4.69, 9.17) is 10.5 Å². The van der Waals surface area contributed by atoms with E-state index in [1.54, 1.807) is 36.7 Å². The van der Waals surface area contributed by atoms with Gasteiger partial charge in [-0.2, -0.15) is 0 Å². The molecule has 0 spiro atoms. The predicted octanol–water partition coefficient (Wildman–Crippen LogP) is 6.82. The summed E-state index contributed by atoms with van der Waals surface area (Å²) in [5, 5.41) is 16.9. The first-order valence-electron chi connectivity index (χ1n) is 13.5. The number of hydrogen-bond acceptors (Lipinski definition) is 13. The number of halogens is 3. The van der Waals surface area contributed by atoms with E-state index in [0.29, 0.717) is 30.0 Å². The Bertz CT molecular complexity index is 1860. The average Bonchev–Trinajstić information content (AvgIpc) is 3.11. The van der Waals surface area contributed by atoms with Gasteiger partial charge in [0.2, 0.25) is 0 Å². The van der Waals surface area contributed by atoms with Crippen molar-refractivity contribution in [3.05, 3.63) is 139 Å². The van der Waals surface area contributed by atoms with Gasteiger partial charge < -0.3 is 34.7 Å². The molecule has 0 atom stereocenters. The number of thiocyanates is 2. The molecule has 0 saturated heterocycles. The van der Waals surface area contributed by atoms with Crippen LogP contribution in [0.3, 0.4) is 0 Å². The smallest absolute Gasteiger partial charge is 0.696 e. The van der Waals surface area contributed by atoms with Gasteiger partial charge in [-0.3, -0.25) is 24.5 Å². The van der Waals surface area contributed by atoms with Crippen LogP contribution in [0.2, 0.25) is 0 Å². The summed E-state index contributed by atoms with van der Waals surface area (Å²) in [6.45, 7) is 0.689. The minimum atomic E-state index is -0.492. The molecule has 258 valence electrons. The molecule has 0 N–H and O–H groups in total. The van der Waals surface area contributed by atoms with Gasteiger partial charge in [0, 0.05) is 42.6 Å². The number of hydrogen-bond donors (Lipinski definition) is 0. The number of aromatic nitrogens is 4. The Morgan fingerprint density at radius 3 is 1.37 bits per heavy atom. The van der Waals surface area contributed by atoms with Crippen molar-refractivity contribution >= 4 is 67.7 Å². The van der Waals surface area contributed by atoms with Crippen molar-refractivity contribution in [3.63, 3.8) is 0 Å². The van der Waals surface area contributed by atoms with E-state index < -0.39 is 17.5 Å². The summed E-state index contributed by atoms with van der Waals surface area (Å²) in [6.07, 6.45) is 11.7. The van der Waals surface area contributed by atoms with Gasteiger partial charge in [-0.25, -0.2) is 33.7 Å². The fraction of sp³-hybridized carbons (Fsp3) is 0. The number of pyridine rings is 4. The number of ether oxygens (including phenoxy) is 2. The molecule has 0 unspecified atom stereocenters. The van der Waals surface area contributed by atoms with E-state index in [1.165, 1.54) is 89.2 Å². The zero-order valence-corrected chi connectivity index (χ0v) is 29.1. The molecule has 0 aliphatic heterocycles. The molecule has 17 heteroatoms. The summed E-state index contributed by atoms with van der Waals surface area (Å²) >= 11 is 7.40. The second-order valence-electron chi connectivity index (χ2n) is 8.68. The standard InChI is InChI=1S/C16H10F3N3.C16H12N2O4.2CHNS.Ru/c17-11-1-3-14(4-2-11)22(15-9-12(18)5-7-20-15)16-10-13(19)6-8-21-16;19-11-21-7-3-13-1-5-17-15(9-13)16-10-14(2-6-18-16)4-8-22-12-20;2*2-1-3;/h1-10H;1-12H;2*3H;/q;;;;+2/p-2/b;7-3+,8-4+;;;. The molecule has 5 rings (SSSR count). The maximum Gasteiger partial charge on any atom is 2.00 e. The zero-order chi connectivity index (χ0) is 36.6. The predicted molar refractivity (Wildman–Crippen MR) is 182 cm³/mol. The van der Waals surface area contributed by atoms with Crippen molar-refractivity contribution in [1.29, 1.82) is 10.5 Å².